The highest BCUT2D eigenvalue weighted by Crippen LogP contribution is 2.38. The Morgan fingerprint density at radius 1 is 0.930 bits per heavy atom. The molecule has 0 unspecified atom stereocenters. The molecule has 0 spiro atoms. The summed E-state index contributed by atoms with van der Waals surface area (Å²) in [7, 11) is 0. The first-order valence-electron chi connectivity index (χ1n) is 15.1. The molecule has 0 aliphatic carbocycles. The molecule has 3 aromatic carbocycles. The molecule has 228 valence electrons. The summed E-state index contributed by atoms with van der Waals surface area (Å²) in [6.07, 6.45) is 3.60. The molecule has 1 N–H and O–H groups in total. The van der Waals surface area contributed by atoms with Crippen molar-refractivity contribution in [2.45, 2.75) is 78.1 Å². The van der Waals surface area contributed by atoms with E-state index in [1.807, 2.05) is 0 Å². The third kappa shape index (κ3) is 7.66. The molecule has 1 amide bonds. The molecule has 7 heteroatoms. The first-order chi connectivity index (χ1) is 20.5. The number of unbranched alkanes of at least 4 members (excludes halogenated alkanes) is 1. The monoisotopic (exact) mass is 603 g/mol. The fraction of sp³-hybridized carbons (Fsp3) is 0.389. The molecule has 0 radical (unpaired) electrons. The Labute approximate surface area is 260 Å². The summed E-state index contributed by atoms with van der Waals surface area (Å²) in [5.74, 6) is 0.246. The zero-order chi connectivity index (χ0) is 31.2. The normalized spacial score (nSPS) is 11.9. The number of ether oxygens (including phenoxy) is 1. The highest BCUT2D eigenvalue weighted by molar-refractivity contribution is 6.30. The van der Waals surface area contributed by atoms with Crippen LogP contribution in [0.25, 0.3) is 16.9 Å². The predicted molar refractivity (Wildman–Crippen MR) is 174 cm³/mol. The molecule has 0 aliphatic heterocycles. The summed E-state index contributed by atoms with van der Waals surface area (Å²) in [4.78, 5) is 13.3. The van der Waals surface area contributed by atoms with Gasteiger partial charge >= 0.3 is 0 Å². The van der Waals surface area contributed by atoms with Gasteiger partial charge in [0.15, 0.2) is 0 Å². The van der Waals surface area contributed by atoms with Crippen molar-refractivity contribution in [1.82, 2.24) is 15.1 Å². The Morgan fingerprint density at radius 2 is 1.63 bits per heavy atom. The van der Waals surface area contributed by atoms with Gasteiger partial charge in [-0.25, -0.2) is 9.07 Å². The second-order valence-electron chi connectivity index (χ2n) is 12.3. The minimum Gasteiger partial charge on any atom is -0.493 e. The number of hydrogen-bond donors (Lipinski definition) is 1. The van der Waals surface area contributed by atoms with Crippen LogP contribution in [0.4, 0.5) is 4.39 Å². The number of halogens is 2. The van der Waals surface area contributed by atoms with Crippen molar-refractivity contribution in [3.63, 3.8) is 0 Å². The van der Waals surface area contributed by atoms with Gasteiger partial charge in [-0.15, -0.1) is 0 Å². The average Bonchev–Trinajstić information content (AvgIpc) is 3.44. The summed E-state index contributed by atoms with van der Waals surface area (Å²) in [5, 5.41) is 8.14. The van der Waals surface area contributed by atoms with Crippen LogP contribution in [0.3, 0.4) is 0 Å². The highest BCUT2D eigenvalue weighted by Gasteiger charge is 2.26. The van der Waals surface area contributed by atoms with E-state index in [1.54, 1.807) is 48.5 Å². The summed E-state index contributed by atoms with van der Waals surface area (Å²) in [5.41, 5.74) is 4.36. The van der Waals surface area contributed by atoms with E-state index in [0.29, 0.717) is 40.8 Å². The van der Waals surface area contributed by atoms with Gasteiger partial charge in [-0.3, -0.25) is 4.79 Å². The summed E-state index contributed by atoms with van der Waals surface area (Å²) < 4.78 is 22.4. The van der Waals surface area contributed by atoms with Gasteiger partial charge in [0.2, 0.25) is 0 Å². The van der Waals surface area contributed by atoms with E-state index in [0.717, 1.165) is 31.4 Å². The van der Waals surface area contributed by atoms with Crippen LogP contribution < -0.4 is 10.1 Å². The van der Waals surface area contributed by atoms with E-state index in [-0.39, 0.29) is 16.7 Å². The number of benzene rings is 3. The zero-order valence-corrected chi connectivity index (χ0v) is 26.9. The minimum absolute atomic E-state index is 0.00229. The van der Waals surface area contributed by atoms with E-state index >= 15 is 0 Å². The van der Waals surface area contributed by atoms with Gasteiger partial charge in [0.05, 0.1) is 18.0 Å². The maximum atomic E-state index is 14.5. The van der Waals surface area contributed by atoms with Gasteiger partial charge < -0.3 is 10.1 Å². The molecule has 0 bridgehead atoms. The number of aromatic nitrogens is 2. The summed E-state index contributed by atoms with van der Waals surface area (Å²) in [6, 6.07) is 21.7. The van der Waals surface area contributed by atoms with Gasteiger partial charge in [-0.2, -0.15) is 5.10 Å². The Hall–Kier alpha value is -3.64. The van der Waals surface area contributed by atoms with Crippen LogP contribution >= 0.6 is 11.6 Å². The lowest BCUT2D eigenvalue weighted by molar-refractivity contribution is 0.0944. The number of nitrogens with zero attached hydrogens (tertiary/aromatic N) is 2. The molecule has 43 heavy (non-hydrogen) atoms. The second kappa shape index (κ2) is 13.8. The molecule has 0 fully saturated rings. The molecule has 0 aliphatic rings. The van der Waals surface area contributed by atoms with E-state index in [2.05, 4.69) is 70.2 Å². The van der Waals surface area contributed by atoms with Crippen molar-refractivity contribution >= 4 is 17.5 Å². The van der Waals surface area contributed by atoms with Gasteiger partial charge in [-0.05, 0) is 90.6 Å². The number of carbonyl (C=O) groups is 1. The van der Waals surface area contributed by atoms with Gasteiger partial charge in [-0.1, -0.05) is 77.4 Å². The minimum atomic E-state index is -0.399. The molecule has 4 aromatic rings. The highest BCUT2D eigenvalue weighted by atomic mass is 35.5. The summed E-state index contributed by atoms with van der Waals surface area (Å²) >= 11 is 6.07. The molecular formula is C36H43ClFN3O2. The lowest BCUT2D eigenvalue weighted by atomic mass is 9.76. The number of nitrogens with one attached hydrogen (secondary N) is 1. The second-order valence-corrected chi connectivity index (χ2v) is 12.7. The number of rotatable bonds is 13. The molecule has 0 saturated heterocycles. The lowest BCUT2D eigenvalue weighted by Crippen LogP contribution is -2.27. The predicted octanol–water partition coefficient (Wildman–Crippen LogP) is 9.30. The van der Waals surface area contributed by atoms with E-state index < -0.39 is 5.82 Å². The Balaban J connectivity index is 1.41. The number of hydrogen-bond acceptors (Lipinski definition) is 3. The van der Waals surface area contributed by atoms with Crippen LogP contribution in [0.2, 0.25) is 5.02 Å². The molecule has 0 saturated carbocycles. The smallest absolute Gasteiger partial charge is 0.270 e. The first kappa shape index (κ1) is 32.3. The fourth-order valence-electron chi connectivity index (χ4n) is 4.82. The SMILES string of the molecule is CCC(C)(C)c1ccc(OCCCCNC(=O)c2cc(-c3ccccc3F)nn2-c2ccc(Cl)cc2)c(C(C)(C)CC)c1. The molecule has 1 aromatic heterocycles. The van der Waals surface area contributed by atoms with Gasteiger partial charge in [0.1, 0.15) is 17.3 Å². The largest absolute Gasteiger partial charge is 0.493 e. The number of carbonyl (C=O) groups excluding carboxylic acids is 1. The van der Waals surface area contributed by atoms with Crippen molar-refractivity contribution in [3.05, 3.63) is 100 Å². The quantitative estimate of drug-likeness (QED) is 0.155. The van der Waals surface area contributed by atoms with Crippen molar-refractivity contribution in [1.29, 1.82) is 0 Å². The van der Waals surface area contributed by atoms with Crippen molar-refractivity contribution < 1.29 is 13.9 Å². The molecule has 4 rings (SSSR count). The topological polar surface area (TPSA) is 56.1 Å². The standard InChI is InChI=1S/C36H43ClFN3O2/c1-7-35(3,4)25-15-20-33(29(23-25)36(5,6)8-2)43-22-12-11-21-39-34(42)32-24-31(28-13-9-10-14-30(28)38)40-41(32)27-18-16-26(37)17-19-27/h9-10,13-20,23-24H,7-8,11-12,21-22H2,1-6H3,(H,39,42). The first-order valence-corrected chi connectivity index (χ1v) is 15.5. The Kier molecular flexibility index (Phi) is 10.3. The van der Waals surface area contributed by atoms with Crippen LogP contribution in [0.5, 0.6) is 5.75 Å². The third-order valence-corrected chi connectivity index (χ3v) is 8.79. The van der Waals surface area contributed by atoms with Crippen LogP contribution in [0.15, 0.2) is 72.8 Å². The van der Waals surface area contributed by atoms with Crippen molar-refractivity contribution in [2.24, 2.45) is 0 Å². The van der Waals surface area contributed by atoms with E-state index in [9.17, 15) is 9.18 Å². The van der Waals surface area contributed by atoms with Crippen LogP contribution in [-0.4, -0.2) is 28.8 Å². The number of amides is 1. The molecular weight excluding hydrogens is 561 g/mol. The van der Waals surface area contributed by atoms with Crippen LogP contribution in [0, 0.1) is 5.82 Å². The van der Waals surface area contributed by atoms with Crippen LogP contribution in [-0.2, 0) is 10.8 Å². The zero-order valence-electron chi connectivity index (χ0n) is 26.1. The Morgan fingerprint density at radius 3 is 2.30 bits per heavy atom. The van der Waals surface area contributed by atoms with Gasteiger partial charge in [0.25, 0.3) is 5.91 Å². The average molecular weight is 604 g/mol. The fourth-order valence-corrected chi connectivity index (χ4v) is 4.95. The van der Waals surface area contributed by atoms with Crippen LogP contribution in [0.1, 0.15) is 88.8 Å². The molecule has 0 atom stereocenters. The third-order valence-electron chi connectivity index (χ3n) is 8.54. The van der Waals surface area contributed by atoms with Crippen molar-refractivity contribution in [2.75, 3.05) is 13.2 Å². The summed E-state index contributed by atoms with van der Waals surface area (Å²) in [6.45, 7) is 14.6. The molecule has 1 heterocycles. The maximum absolute atomic E-state index is 14.5. The van der Waals surface area contributed by atoms with Crippen molar-refractivity contribution in [3.8, 4) is 22.7 Å². The lowest BCUT2D eigenvalue weighted by Gasteiger charge is -2.30. The Bertz CT molecular complexity index is 1540. The van der Waals surface area contributed by atoms with Gasteiger partial charge in [0, 0.05) is 22.7 Å². The van der Waals surface area contributed by atoms with E-state index in [4.69, 9.17) is 16.3 Å². The molecule has 5 nitrogen and oxygen atoms in total. The maximum Gasteiger partial charge on any atom is 0.270 e. The van der Waals surface area contributed by atoms with E-state index in [1.165, 1.54) is 21.9 Å².